The normalized spacial score (nSPS) is 24.7. The molecule has 0 radical (unpaired) electrons. The molecule has 1 N–H and O–H groups in total. The Morgan fingerprint density at radius 1 is 1.07 bits per heavy atom. The van der Waals surface area contributed by atoms with Gasteiger partial charge < -0.3 is 14.9 Å². The van der Waals surface area contributed by atoms with Crippen molar-refractivity contribution in [2.45, 2.75) is 36.8 Å². The van der Waals surface area contributed by atoms with Crippen LogP contribution in [0.1, 0.15) is 41.2 Å². The third-order valence-electron chi connectivity index (χ3n) is 6.65. The molecule has 1 aliphatic carbocycles. The Morgan fingerprint density at radius 2 is 1.79 bits per heavy atom. The van der Waals surface area contributed by atoms with E-state index in [-0.39, 0.29) is 30.4 Å². The first-order valence-corrected chi connectivity index (χ1v) is 10.3. The molecule has 3 heterocycles. The molecule has 1 aromatic heterocycles. The summed E-state index contributed by atoms with van der Waals surface area (Å²) in [5, 5.41) is 10.1. The highest BCUT2D eigenvalue weighted by molar-refractivity contribution is 5.93. The molecule has 150 valence electrons. The minimum Gasteiger partial charge on any atom is -0.394 e. The zero-order valence-corrected chi connectivity index (χ0v) is 16.3. The van der Waals surface area contributed by atoms with Crippen molar-refractivity contribution in [3.63, 3.8) is 0 Å². The van der Waals surface area contributed by atoms with Crippen LogP contribution in [0.5, 0.6) is 0 Å². The molecule has 2 aromatic rings. The van der Waals surface area contributed by atoms with Crippen molar-refractivity contribution >= 4 is 11.8 Å². The second kappa shape index (κ2) is 6.95. The maximum absolute atomic E-state index is 13.1. The van der Waals surface area contributed by atoms with Gasteiger partial charge >= 0.3 is 0 Å². The average Bonchev–Trinajstić information content (AvgIpc) is 3.51. The summed E-state index contributed by atoms with van der Waals surface area (Å²) in [5.74, 6) is 0.527. The number of rotatable bonds is 5. The van der Waals surface area contributed by atoms with Crippen LogP contribution in [0.3, 0.4) is 0 Å². The first-order chi connectivity index (χ1) is 14.1. The molecular weight excluding hydrogens is 366 g/mol. The summed E-state index contributed by atoms with van der Waals surface area (Å²) >= 11 is 0. The molecule has 1 aromatic carbocycles. The van der Waals surface area contributed by atoms with Crippen LogP contribution in [0.2, 0.25) is 0 Å². The van der Waals surface area contributed by atoms with Crippen LogP contribution in [0, 0.1) is 5.92 Å². The van der Waals surface area contributed by atoms with Crippen LogP contribution < -0.4 is 0 Å². The van der Waals surface area contributed by atoms with Gasteiger partial charge in [-0.1, -0.05) is 36.4 Å². The van der Waals surface area contributed by atoms with Crippen LogP contribution in [-0.4, -0.2) is 63.0 Å². The number of hydrogen-bond donors (Lipinski definition) is 1. The quantitative estimate of drug-likeness (QED) is 0.847. The number of amides is 2. The van der Waals surface area contributed by atoms with E-state index >= 15 is 0 Å². The van der Waals surface area contributed by atoms with Gasteiger partial charge in [0.1, 0.15) is 5.69 Å². The third kappa shape index (κ3) is 2.94. The van der Waals surface area contributed by atoms with Crippen molar-refractivity contribution in [2.24, 2.45) is 5.92 Å². The van der Waals surface area contributed by atoms with Crippen molar-refractivity contribution in [1.82, 2.24) is 14.8 Å². The Labute approximate surface area is 170 Å². The first kappa shape index (κ1) is 18.3. The van der Waals surface area contributed by atoms with Crippen molar-refractivity contribution in [2.75, 3.05) is 19.7 Å². The van der Waals surface area contributed by atoms with Crippen LogP contribution >= 0.6 is 0 Å². The lowest BCUT2D eigenvalue weighted by Crippen LogP contribution is -2.86. The van der Waals surface area contributed by atoms with Gasteiger partial charge in [0.05, 0.1) is 18.2 Å². The number of carbonyl (C=O) groups excluding carboxylic acids is 2. The van der Waals surface area contributed by atoms with Gasteiger partial charge in [0.2, 0.25) is 5.91 Å². The van der Waals surface area contributed by atoms with E-state index in [4.69, 9.17) is 0 Å². The molecule has 29 heavy (non-hydrogen) atoms. The van der Waals surface area contributed by atoms with Gasteiger partial charge in [-0.3, -0.25) is 14.6 Å². The highest BCUT2D eigenvalue weighted by Crippen LogP contribution is 2.54. The van der Waals surface area contributed by atoms with Gasteiger partial charge in [-0.15, -0.1) is 0 Å². The lowest BCUT2D eigenvalue weighted by molar-refractivity contribution is -0.194. The lowest BCUT2D eigenvalue weighted by Gasteiger charge is -2.70. The molecule has 2 atom stereocenters. The molecule has 0 bridgehead atoms. The second-order valence-corrected chi connectivity index (χ2v) is 8.53. The minimum absolute atomic E-state index is 0.0321. The maximum atomic E-state index is 13.1. The number of likely N-dealkylation sites (tertiary alicyclic amines) is 2. The summed E-state index contributed by atoms with van der Waals surface area (Å²) in [6.07, 6.45) is 4.39. The van der Waals surface area contributed by atoms with E-state index in [0.717, 1.165) is 18.4 Å². The van der Waals surface area contributed by atoms with Crippen LogP contribution in [0.25, 0.3) is 0 Å². The van der Waals surface area contributed by atoms with Gasteiger partial charge in [0.15, 0.2) is 0 Å². The molecule has 1 saturated carbocycles. The number of pyridine rings is 1. The zero-order valence-electron chi connectivity index (χ0n) is 16.3. The van der Waals surface area contributed by atoms with Crippen LogP contribution in [-0.2, 0) is 4.79 Å². The fourth-order valence-electron chi connectivity index (χ4n) is 5.14. The molecular formula is C23H25N3O3. The molecule has 6 nitrogen and oxygen atoms in total. The standard InChI is InChI=1S/C23H25N3O3/c27-13-19-21(17-6-2-1-3-7-17)23(26(19)20(28)12-16-9-10-16)14-25(15-23)22(29)18-8-4-5-11-24-18/h1-8,11,16,19,21,27H,9-10,12-15H2/t19-,21+/m0/s1. The monoisotopic (exact) mass is 391 g/mol. The average molecular weight is 391 g/mol. The van der Waals surface area contributed by atoms with E-state index in [2.05, 4.69) is 17.1 Å². The molecule has 2 amide bonds. The van der Waals surface area contributed by atoms with Crippen molar-refractivity contribution in [1.29, 1.82) is 0 Å². The van der Waals surface area contributed by atoms with E-state index in [0.29, 0.717) is 31.1 Å². The van der Waals surface area contributed by atoms with Crippen molar-refractivity contribution in [3.8, 4) is 0 Å². The van der Waals surface area contributed by atoms with E-state index in [1.807, 2.05) is 23.1 Å². The van der Waals surface area contributed by atoms with Gasteiger partial charge in [-0.2, -0.15) is 0 Å². The predicted molar refractivity (Wildman–Crippen MR) is 107 cm³/mol. The topological polar surface area (TPSA) is 73.7 Å². The molecule has 2 saturated heterocycles. The number of hydrogen-bond acceptors (Lipinski definition) is 4. The highest BCUT2D eigenvalue weighted by atomic mass is 16.3. The molecule has 0 unspecified atom stereocenters. The van der Waals surface area contributed by atoms with Crippen molar-refractivity contribution < 1.29 is 14.7 Å². The van der Waals surface area contributed by atoms with E-state index in [9.17, 15) is 14.7 Å². The smallest absolute Gasteiger partial charge is 0.272 e. The highest BCUT2D eigenvalue weighted by Gasteiger charge is 2.68. The molecule has 3 fully saturated rings. The molecule has 1 spiro atoms. The second-order valence-electron chi connectivity index (χ2n) is 8.53. The van der Waals surface area contributed by atoms with Crippen LogP contribution in [0.4, 0.5) is 0 Å². The fourth-order valence-corrected chi connectivity index (χ4v) is 5.14. The number of carbonyl (C=O) groups is 2. The number of aliphatic hydroxyl groups excluding tert-OH is 1. The Balaban J connectivity index is 1.42. The summed E-state index contributed by atoms with van der Waals surface area (Å²) in [5.41, 5.74) is 1.12. The Morgan fingerprint density at radius 3 is 2.41 bits per heavy atom. The molecule has 3 aliphatic rings. The van der Waals surface area contributed by atoms with Gasteiger partial charge in [-0.05, 0) is 36.5 Å². The zero-order chi connectivity index (χ0) is 20.0. The Kier molecular flexibility index (Phi) is 4.39. The molecule has 6 heteroatoms. The summed E-state index contributed by atoms with van der Waals surface area (Å²) in [6, 6.07) is 15.1. The first-order valence-electron chi connectivity index (χ1n) is 10.3. The summed E-state index contributed by atoms with van der Waals surface area (Å²) < 4.78 is 0. The summed E-state index contributed by atoms with van der Waals surface area (Å²) in [7, 11) is 0. The predicted octanol–water partition coefficient (Wildman–Crippen LogP) is 2.06. The van der Waals surface area contributed by atoms with E-state index < -0.39 is 5.54 Å². The van der Waals surface area contributed by atoms with Crippen molar-refractivity contribution in [3.05, 3.63) is 66.0 Å². The fraction of sp³-hybridized carbons (Fsp3) is 0.435. The van der Waals surface area contributed by atoms with Gasteiger partial charge in [0.25, 0.3) is 5.91 Å². The Hall–Kier alpha value is -2.73. The summed E-state index contributed by atoms with van der Waals surface area (Å²) in [4.78, 5) is 33.7. The maximum Gasteiger partial charge on any atom is 0.272 e. The molecule has 5 rings (SSSR count). The number of nitrogens with zero attached hydrogens (tertiary/aromatic N) is 3. The Bertz CT molecular complexity index is 907. The largest absolute Gasteiger partial charge is 0.394 e. The van der Waals surface area contributed by atoms with Crippen LogP contribution in [0.15, 0.2) is 54.7 Å². The molecule has 2 aliphatic heterocycles. The van der Waals surface area contributed by atoms with Gasteiger partial charge in [-0.25, -0.2) is 0 Å². The minimum atomic E-state index is -0.425. The number of aromatic nitrogens is 1. The lowest BCUT2D eigenvalue weighted by atomic mass is 9.60. The number of benzene rings is 1. The van der Waals surface area contributed by atoms with Gasteiger partial charge in [0, 0.05) is 31.6 Å². The number of aliphatic hydroxyl groups is 1. The third-order valence-corrected chi connectivity index (χ3v) is 6.65. The van der Waals surface area contributed by atoms with E-state index in [1.165, 1.54) is 0 Å². The van der Waals surface area contributed by atoms with E-state index in [1.54, 1.807) is 29.3 Å². The SMILES string of the molecule is O=C(c1ccccn1)N1CC2(C1)[C@H](c1ccccc1)[C@H](CO)N2C(=O)CC1CC1. The summed E-state index contributed by atoms with van der Waals surface area (Å²) in [6.45, 7) is 0.898.